The van der Waals surface area contributed by atoms with E-state index in [1.807, 2.05) is 24.3 Å². The van der Waals surface area contributed by atoms with Crippen LogP contribution < -0.4 is 10.1 Å². The Labute approximate surface area is 212 Å². The van der Waals surface area contributed by atoms with E-state index in [9.17, 15) is 4.79 Å². The van der Waals surface area contributed by atoms with E-state index in [0.717, 1.165) is 28.3 Å². The number of carbonyl (C=O) groups excluding carboxylic acids is 1. The maximum atomic E-state index is 12.5. The molecule has 1 aromatic heterocycles. The molecule has 3 aromatic rings. The van der Waals surface area contributed by atoms with Crippen LogP contribution in [0.5, 0.6) is 5.75 Å². The highest BCUT2D eigenvalue weighted by Gasteiger charge is 2.12. The van der Waals surface area contributed by atoms with Crippen LogP contribution in [-0.4, -0.2) is 12.5 Å². The zero-order valence-electron chi connectivity index (χ0n) is 19.1. The highest BCUT2D eigenvalue weighted by Crippen LogP contribution is 2.32. The quantitative estimate of drug-likeness (QED) is 0.184. The summed E-state index contributed by atoms with van der Waals surface area (Å²) in [4.78, 5) is 12.5. The molecule has 0 radical (unpaired) electrons. The number of amides is 1. The number of ether oxygens (including phenoxy) is 1. The highest BCUT2D eigenvalue weighted by atomic mass is 79.9. The number of rotatable bonds is 12. The molecule has 0 saturated heterocycles. The number of thiophene rings is 1. The standard InChI is InChI=1S/C26H27BrN4O2S/c1-2-3-4-5-6-7-16-33-23-14-12-22(13-15-23)31-30-21-10-8-19(9-11-21)25(32)29-26-20(18-28)17-24(27)34-26/h8-15,17H,2-7,16H2,1H3,(H,29,32). The maximum Gasteiger partial charge on any atom is 0.256 e. The van der Waals surface area contributed by atoms with Crippen molar-refractivity contribution in [3.8, 4) is 11.8 Å². The third-order valence-corrected chi connectivity index (χ3v) is 6.62. The molecule has 0 saturated carbocycles. The molecular formula is C26H27BrN4O2S. The Balaban J connectivity index is 1.47. The molecule has 1 amide bonds. The first-order valence-corrected chi connectivity index (χ1v) is 13.0. The van der Waals surface area contributed by atoms with Gasteiger partial charge in [-0.15, -0.1) is 11.3 Å². The van der Waals surface area contributed by atoms with E-state index in [4.69, 9.17) is 10.00 Å². The second kappa shape index (κ2) is 13.6. The van der Waals surface area contributed by atoms with Crippen LogP contribution in [-0.2, 0) is 0 Å². The van der Waals surface area contributed by atoms with Gasteiger partial charge in [-0.3, -0.25) is 4.79 Å². The van der Waals surface area contributed by atoms with E-state index < -0.39 is 0 Å². The Bertz CT molecular complexity index is 1140. The largest absolute Gasteiger partial charge is 0.494 e. The van der Waals surface area contributed by atoms with Crippen LogP contribution in [0.15, 0.2) is 68.6 Å². The number of nitrogens with zero attached hydrogens (tertiary/aromatic N) is 3. The second-order valence-corrected chi connectivity index (χ2v) is 10.1. The van der Waals surface area contributed by atoms with Crippen molar-refractivity contribution in [1.82, 2.24) is 0 Å². The zero-order valence-corrected chi connectivity index (χ0v) is 21.5. The third-order valence-electron chi connectivity index (χ3n) is 5.06. The molecule has 34 heavy (non-hydrogen) atoms. The van der Waals surface area contributed by atoms with Gasteiger partial charge in [-0.05, 0) is 76.9 Å². The van der Waals surface area contributed by atoms with Crippen molar-refractivity contribution in [3.05, 3.63) is 69.5 Å². The van der Waals surface area contributed by atoms with Crippen molar-refractivity contribution >= 4 is 49.5 Å². The molecule has 1 heterocycles. The molecule has 0 bridgehead atoms. The van der Waals surface area contributed by atoms with Crippen molar-refractivity contribution in [3.63, 3.8) is 0 Å². The summed E-state index contributed by atoms with van der Waals surface area (Å²) in [5.74, 6) is 0.547. The number of nitriles is 1. The minimum atomic E-state index is -0.286. The number of hydrogen-bond donors (Lipinski definition) is 1. The first kappa shape index (κ1) is 25.6. The van der Waals surface area contributed by atoms with Crippen LogP contribution >= 0.6 is 27.3 Å². The number of carbonyl (C=O) groups is 1. The molecule has 6 nitrogen and oxygen atoms in total. The number of azo groups is 1. The normalized spacial score (nSPS) is 10.9. The van der Waals surface area contributed by atoms with E-state index in [2.05, 4.69) is 44.5 Å². The number of hydrogen-bond acceptors (Lipinski definition) is 6. The smallest absolute Gasteiger partial charge is 0.256 e. The summed E-state index contributed by atoms with van der Waals surface area (Å²) in [7, 11) is 0. The Morgan fingerprint density at radius 2 is 1.62 bits per heavy atom. The Kier molecular flexibility index (Phi) is 10.3. The highest BCUT2D eigenvalue weighted by molar-refractivity contribution is 9.11. The summed E-state index contributed by atoms with van der Waals surface area (Å²) in [5.41, 5.74) is 2.26. The molecule has 0 fully saturated rings. The number of halogens is 1. The fourth-order valence-electron chi connectivity index (χ4n) is 3.19. The lowest BCUT2D eigenvalue weighted by molar-refractivity contribution is 0.102. The molecule has 2 aromatic carbocycles. The summed E-state index contributed by atoms with van der Waals surface area (Å²) < 4.78 is 6.58. The van der Waals surface area contributed by atoms with Crippen LogP contribution in [0.25, 0.3) is 0 Å². The molecular weight excluding hydrogens is 512 g/mol. The Morgan fingerprint density at radius 1 is 1.00 bits per heavy atom. The molecule has 1 N–H and O–H groups in total. The lowest BCUT2D eigenvalue weighted by Gasteiger charge is -2.06. The molecule has 0 aliphatic rings. The van der Waals surface area contributed by atoms with Crippen LogP contribution in [0.1, 0.15) is 61.4 Å². The molecule has 0 unspecified atom stereocenters. The minimum Gasteiger partial charge on any atom is -0.494 e. The summed E-state index contributed by atoms with van der Waals surface area (Å²) in [5, 5.41) is 20.9. The number of benzene rings is 2. The average molecular weight is 539 g/mol. The zero-order chi connectivity index (χ0) is 24.2. The van der Waals surface area contributed by atoms with Gasteiger partial charge in [0.15, 0.2) is 0 Å². The monoisotopic (exact) mass is 538 g/mol. The molecule has 8 heteroatoms. The predicted octanol–water partition coefficient (Wildman–Crippen LogP) is 8.79. The van der Waals surface area contributed by atoms with Crippen LogP contribution in [0.4, 0.5) is 16.4 Å². The van der Waals surface area contributed by atoms with Crippen molar-refractivity contribution in [2.24, 2.45) is 10.2 Å². The lowest BCUT2D eigenvalue weighted by atomic mass is 10.1. The molecule has 3 rings (SSSR count). The molecule has 0 aliphatic heterocycles. The van der Waals surface area contributed by atoms with Crippen LogP contribution in [0.2, 0.25) is 0 Å². The van der Waals surface area contributed by atoms with Gasteiger partial charge in [0.2, 0.25) is 0 Å². The lowest BCUT2D eigenvalue weighted by Crippen LogP contribution is -2.11. The van der Waals surface area contributed by atoms with E-state index >= 15 is 0 Å². The van der Waals surface area contributed by atoms with Crippen LogP contribution in [0, 0.1) is 11.3 Å². The van der Waals surface area contributed by atoms with Crippen molar-refractivity contribution < 1.29 is 9.53 Å². The van der Waals surface area contributed by atoms with Gasteiger partial charge < -0.3 is 10.1 Å². The summed E-state index contributed by atoms with van der Waals surface area (Å²) in [6.07, 6.45) is 7.44. The maximum absolute atomic E-state index is 12.5. The summed E-state index contributed by atoms with van der Waals surface area (Å²) in [6, 6.07) is 18.1. The van der Waals surface area contributed by atoms with Gasteiger partial charge in [0.25, 0.3) is 5.91 Å². The molecule has 176 valence electrons. The molecule has 0 atom stereocenters. The average Bonchev–Trinajstić information content (AvgIpc) is 3.22. The summed E-state index contributed by atoms with van der Waals surface area (Å²) >= 11 is 4.63. The van der Waals surface area contributed by atoms with E-state index in [0.29, 0.717) is 21.8 Å². The predicted molar refractivity (Wildman–Crippen MR) is 141 cm³/mol. The fraction of sp³-hybridized carbons (Fsp3) is 0.308. The fourth-order valence-corrected chi connectivity index (χ4v) is 4.63. The summed E-state index contributed by atoms with van der Waals surface area (Å²) in [6.45, 7) is 2.96. The SMILES string of the molecule is CCCCCCCCOc1ccc(N=Nc2ccc(C(=O)Nc3sc(Br)cc3C#N)cc2)cc1. The van der Waals surface area contributed by atoms with Gasteiger partial charge in [-0.2, -0.15) is 15.5 Å². The van der Waals surface area contributed by atoms with Gasteiger partial charge in [-0.1, -0.05) is 39.0 Å². The van der Waals surface area contributed by atoms with E-state index in [1.54, 1.807) is 30.3 Å². The van der Waals surface area contributed by atoms with E-state index in [1.165, 1.54) is 43.4 Å². The van der Waals surface area contributed by atoms with Gasteiger partial charge >= 0.3 is 0 Å². The number of nitrogens with one attached hydrogen (secondary N) is 1. The minimum absolute atomic E-state index is 0.286. The number of anilines is 1. The van der Waals surface area contributed by atoms with Gasteiger partial charge in [0.05, 0.1) is 27.3 Å². The van der Waals surface area contributed by atoms with Crippen molar-refractivity contribution in [1.29, 1.82) is 5.26 Å². The first-order chi connectivity index (χ1) is 16.6. The Morgan fingerprint density at radius 3 is 2.26 bits per heavy atom. The Hall–Kier alpha value is -3.02. The van der Waals surface area contributed by atoms with Gasteiger partial charge in [0.1, 0.15) is 16.8 Å². The molecule has 0 spiro atoms. The van der Waals surface area contributed by atoms with E-state index in [-0.39, 0.29) is 5.91 Å². The third kappa shape index (κ3) is 8.08. The molecule has 0 aliphatic carbocycles. The first-order valence-electron chi connectivity index (χ1n) is 11.3. The van der Waals surface area contributed by atoms with Gasteiger partial charge in [0, 0.05) is 5.56 Å². The van der Waals surface area contributed by atoms with Crippen molar-refractivity contribution in [2.75, 3.05) is 11.9 Å². The second-order valence-electron chi connectivity index (χ2n) is 7.72. The van der Waals surface area contributed by atoms with Crippen molar-refractivity contribution in [2.45, 2.75) is 45.4 Å². The van der Waals surface area contributed by atoms with Gasteiger partial charge in [-0.25, -0.2) is 0 Å². The topological polar surface area (TPSA) is 86.8 Å². The number of unbranched alkanes of at least 4 members (excludes halogenated alkanes) is 5. The van der Waals surface area contributed by atoms with Crippen LogP contribution in [0.3, 0.4) is 0 Å².